The van der Waals surface area contributed by atoms with E-state index in [-0.39, 0.29) is 53.8 Å². The summed E-state index contributed by atoms with van der Waals surface area (Å²) in [5.74, 6) is 0.0933. The highest BCUT2D eigenvalue weighted by atomic mass is 32.1. The van der Waals surface area contributed by atoms with Crippen molar-refractivity contribution < 1.29 is 28.6 Å². The Kier molecular flexibility index (Phi) is 14.6. The largest absolute Gasteiger partial charge is 0.379 e. The monoisotopic (exact) mass is 475 g/mol. The first-order chi connectivity index (χ1) is 14.6. The lowest BCUT2D eigenvalue weighted by molar-refractivity contribution is -0.142. The van der Waals surface area contributed by atoms with Crippen molar-refractivity contribution >= 4 is 30.1 Å². The van der Waals surface area contributed by atoms with Crippen LogP contribution in [0.3, 0.4) is 0 Å². The Morgan fingerprint density at radius 3 is 1.94 bits per heavy atom. The number of hydrogen-bond donors (Lipinski definition) is 1. The van der Waals surface area contributed by atoms with Crippen LogP contribution < -0.4 is 0 Å². The van der Waals surface area contributed by atoms with Crippen molar-refractivity contribution in [3.05, 3.63) is 0 Å². The van der Waals surface area contributed by atoms with Crippen LogP contribution in [0, 0.1) is 5.92 Å². The Labute approximate surface area is 200 Å². The molecular weight excluding hydrogens is 430 g/mol. The van der Waals surface area contributed by atoms with Gasteiger partial charge in [0, 0.05) is 37.2 Å². The summed E-state index contributed by atoms with van der Waals surface area (Å²) in [4.78, 5) is 37.5. The maximum absolute atomic E-state index is 12.9. The van der Waals surface area contributed by atoms with E-state index in [1.807, 2.05) is 41.5 Å². The summed E-state index contributed by atoms with van der Waals surface area (Å²) >= 11 is 4.51. The number of carbonyl (C=O) groups is 3. The van der Waals surface area contributed by atoms with E-state index in [9.17, 15) is 14.4 Å². The molecule has 0 aromatic carbocycles. The lowest BCUT2D eigenvalue weighted by atomic mass is 10.0. The lowest BCUT2D eigenvalue weighted by Crippen LogP contribution is -2.46. The molecule has 0 N–H and O–H groups in total. The number of carbonyl (C=O) groups excluding carboxylic acids is 3. The summed E-state index contributed by atoms with van der Waals surface area (Å²) in [6, 6.07) is -0.323. The van der Waals surface area contributed by atoms with Crippen molar-refractivity contribution in [1.29, 1.82) is 0 Å². The van der Waals surface area contributed by atoms with Gasteiger partial charge in [0.2, 0.25) is 5.91 Å². The molecule has 8 heteroatoms. The third kappa shape index (κ3) is 15.8. The second kappa shape index (κ2) is 15.0. The molecule has 0 aromatic heterocycles. The van der Waals surface area contributed by atoms with Gasteiger partial charge in [0.25, 0.3) is 0 Å². The highest BCUT2D eigenvalue weighted by molar-refractivity contribution is 7.81. The van der Waals surface area contributed by atoms with Gasteiger partial charge in [-0.2, -0.15) is 12.6 Å². The summed E-state index contributed by atoms with van der Waals surface area (Å²) in [6.45, 7) is 14.7. The molecule has 0 aliphatic carbocycles. The molecule has 0 aliphatic rings. The summed E-state index contributed by atoms with van der Waals surface area (Å²) in [5.41, 5.74) is -0.616. The van der Waals surface area contributed by atoms with Crippen molar-refractivity contribution in [1.82, 2.24) is 4.90 Å². The molecule has 0 heterocycles. The third-order valence-corrected chi connectivity index (χ3v) is 5.30. The van der Waals surface area contributed by atoms with Gasteiger partial charge in [-0.25, -0.2) is 0 Å². The average molecular weight is 476 g/mol. The van der Waals surface area contributed by atoms with Crippen LogP contribution in [0.5, 0.6) is 0 Å². The fourth-order valence-electron chi connectivity index (χ4n) is 2.71. The van der Waals surface area contributed by atoms with Crippen molar-refractivity contribution in [3.8, 4) is 0 Å². The Morgan fingerprint density at radius 2 is 1.47 bits per heavy atom. The Bertz CT molecular complexity index is 586. The third-order valence-electron chi connectivity index (χ3n) is 5.08. The van der Waals surface area contributed by atoms with Crippen molar-refractivity contribution in [2.24, 2.45) is 5.92 Å². The second-order valence-electron chi connectivity index (χ2n) is 9.98. The molecular formula is C24H45NO6S. The van der Waals surface area contributed by atoms with Gasteiger partial charge >= 0.3 is 0 Å². The van der Waals surface area contributed by atoms with Gasteiger partial charge in [0.05, 0.1) is 44.5 Å². The molecule has 0 fully saturated rings. The highest BCUT2D eigenvalue weighted by Gasteiger charge is 2.29. The number of thiol groups is 1. The minimum Gasteiger partial charge on any atom is -0.379 e. The normalized spacial score (nSPS) is 13.3. The Morgan fingerprint density at radius 1 is 0.938 bits per heavy atom. The first kappa shape index (κ1) is 31.0. The molecule has 0 spiro atoms. The number of amides is 1. The molecule has 1 atom stereocenters. The molecule has 0 saturated heterocycles. The van der Waals surface area contributed by atoms with Crippen LogP contribution in [0.1, 0.15) is 74.1 Å². The number of hydrogen-bond acceptors (Lipinski definition) is 7. The molecule has 7 nitrogen and oxygen atoms in total. The van der Waals surface area contributed by atoms with Gasteiger partial charge in [-0.3, -0.25) is 14.4 Å². The van der Waals surface area contributed by atoms with Gasteiger partial charge in [-0.15, -0.1) is 0 Å². The minimum atomic E-state index is -0.616. The Balaban J connectivity index is 4.82. The predicted molar refractivity (Wildman–Crippen MR) is 130 cm³/mol. The maximum atomic E-state index is 12.9. The van der Waals surface area contributed by atoms with Crippen LogP contribution in [-0.2, 0) is 28.6 Å². The van der Waals surface area contributed by atoms with E-state index in [0.29, 0.717) is 32.7 Å². The quantitative estimate of drug-likeness (QED) is 0.240. The molecule has 0 aliphatic heterocycles. The fraction of sp³-hybridized carbons (Fsp3) is 0.875. The van der Waals surface area contributed by atoms with Crippen molar-refractivity contribution in [2.45, 2.75) is 90.5 Å². The smallest absolute Gasteiger partial charge is 0.225 e. The zero-order valence-electron chi connectivity index (χ0n) is 21.4. The number of nitrogens with zero attached hydrogens (tertiary/aromatic N) is 1. The van der Waals surface area contributed by atoms with E-state index >= 15 is 0 Å². The van der Waals surface area contributed by atoms with Crippen LogP contribution in [0.2, 0.25) is 0 Å². The van der Waals surface area contributed by atoms with E-state index in [0.717, 1.165) is 6.42 Å². The van der Waals surface area contributed by atoms with Gasteiger partial charge in [-0.05, 0) is 27.2 Å². The minimum absolute atomic E-state index is 0.0241. The van der Waals surface area contributed by atoms with E-state index < -0.39 is 5.60 Å². The van der Waals surface area contributed by atoms with E-state index in [1.165, 1.54) is 6.92 Å². The van der Waals surface area contributed by atoms with Gasteiger partial charge in [0.15, 0.2) is 0 Å². The molecule has 188 valence electrons. The van der Waals surface area contributed by atoms with Crippen LogP contribution in [-0.4, -0.2) is 78.8 Å². The standard InChI is InChI=1S/C24H45NO6S/c1-18(2)21(27)10-13-30-17-20(16-29-12-9-19(3)26)25(8)22(28)15-23(4,5)31-14-11-24(6,7)32/h18,20,32H,9-17H2,1-8H3. The van der Waals surface area contributed by atoms with E-state index in [1.54, 1.807) is 11.9 Å². The summed E-state index contributed by atoms with van der Waals surface area (Å²) in [6.07, 6.45) is 1.66. The summed E-state index contributed by atoms with van der Waals surface area (Å²) in [7, 11) is 1.72. The number of ketones is 2. The van der Waals surface area contributed by atoms with Crippen molar-refractivity contribution in [3.63, 3.8) is 0 Å². The van der Waals surface area contributed by atoms with Gasteiger partial charge in [-0.1, -0.05) is 27.7 Å². The zero-order valence-corrected chi connectivity index (χ0v) is 22.3. The topological polar surface area (TPSA) is 82.1 Å². The van der Waals surface area contributed by atoms with Gasteiger partial charge < -0.3 is 19.1 Å². The van der Waals surface area contributed by atoms with Crippen LogP contribution in [0.4, 0.5) is 0 Å². The maximum Gasteiger partial charge on any atom is 0.225 e. The number of rotatable bonds is 18. The molecule has 32 heavy (non-hydrogen) atoms. The first-order valence-electron chi connectivity index (χ1n) is 11.4. The second-order valence-corrected chi connectivity index (χ2v) is 11.2. The lowest BCUT2D eigenvalue weighted by Gasteiger charge is -2.32. The van der Waals surface area contributed by atoms with Crippen LogP contribution >= 0.6 is 12.6 Å². The number of likely N-dealkylation sites (N-methyl/N-ethyl adjacent to an activating group) is 1. The van der Waals surface area contributed by atoms with Crippen LogP contribution in [0.25, 0.3) is 0 Å². The fourth-order valence-corrected chi connectivity index (χ4v) is 2.80. The predicted octanol–water partition coefficient (Wildman–Crippen LogP) is 3.72. The summed E-state index contributed by atoms with van der Waals surface area (Å²) in [5, 5.41) is 0. The molecule has 1 amide bonds. The number of Topliss-reactive ketones (excluding diaryl/α,β-unsaturated/α-hetero) is 2. The van der Waals surface area contributed by atoms with Gasteiger partial charge in [0.1, 0.15) is 11.6 Å². The van der Waals surface area contributed by atoms with Crippen molar-refractivity contribution in [2.75, 3.05) is 40.1 Å². The summed E-state index contributed by atoms with van der Waals surface area (Å²) < 4.78 is 17.1. The zero-order chi connectivity index (χ0) is 24.9. The SMILES string of the molecule is CC(=O)CCOCC(COCCC(=O)C(C)C)N(C)C(=O)CC(C)(C)OCCC(C)(C)S. The van der Waals surface area contributed by atoms with E-state index in [2.05, 4.69) is 12.6 Å². The average Bonchev–Trinajstić information content (AvgIpc) is 2.63. The first-order valence-corrected chi connectivity index (χ1v) is 11.9. The molecule has 1 unspecified atom stereocenters. The molecule has 0 saturated carbocycles. The van der Waals surface area contributed by atoms with Crippen LogP contribution in [0.15, 0.2) is 0 Å². The highest BCUT2D eigenvalue weighted by Crippen LogP contribution is 2.21. The van der Waals surface area contributed by atoms with E-state index in [4.69, 9.17) is 14.2 Å². The molecule has 0 rings (SSSR count). The molecule has 0 aromatic rings. The molecule has 0 bridgehead atoms. The molecule has 0 radical (unpaired) electrons. The number of ether oxygens (including phenoxy) is 3. The Hall–Kier alpha value is -0.960.